The number of carbonyl (C=O) groups is 1. The second kappa shape index (κ2) is 7.88. The molecule has 1 saturated heterocycles. The fraction of sp³-hybridized carbons (Fsp3) is 0.562. The molecule has 0 bridgehead atoms. The van der Waals surface area contributed by atoms with Crippen LogP contribution in [0.1, 0.15) is 43.0 Å². The van der Waals surface area contributed by atoms with Gasteiger partial charge < -0.3 is 19.9 Å². The number of esters is 1. The third-order valence-electron chi connectivity index (χ3n) is 3.45. The molecule has 1 atom stereocenters. The highest BCUT2D eigenvalue weighted by Gasteiger charge is 2.16. The maximum atomic E-state index is 11.9. The standard InChI is InChI=1S/C16H23NO4/c1-2-19-16(18)14-8-7-12(17)11-15(14)21-10-4-6-13-5-3-9-20-13/h7-8,11,13H,2-6,9-10,17H2,1H3. The molecule has 5 nitrogen and oxygen atoms in total. The van der Waals surface area contributed by atoms with Gasteiger partial charge in [-0.3, -0.25) is 0 Å². The van der Waals surface area contributed by atoms with Crippen LogP contribution in [0.3, 0.4) is 0 Å². The van der Waals surface area contributed by atoms with Crippen LogP contribution in [0, 0.1) is 0 Å². The third-order valence-corrected chi connectivity index (χ3v) is 3.45. The highest BCUT2D eigenvalue weighted by Crippen LogP contribution is 2.24. The van der Waals surface area contributed by atoms with Crippen molar-refractivity contribution in [3.63, 3.8) is 0 Å². The number of carbonyl (C=O) groups excluding carboxylic acids is 1. The first kappa shape index (κ1) is 15.6. The van der Waals surface area contributed by atoms with E-state index in [9.17, 15) is 4.79 Å². The SMILES string of the molecule is CCOC(=O)c1ccc(N)cc1OCCCC1CCCO1. The lowest BCUT2D eigenvalue weighted by molar-refractivity contribution is 0.0521. The van der Waals surface area contributed by atoms with Crippen LogP contribution in [0.4, 0.5) is 5.69 Å². The van der Waals surface area contributed by atoms with E-state index in [-0.39, 0.29) is 5.97 Å². The Balaban J connectivity index is 1.88. The third kappa shape index (κ3) is 4.63. The number of nitrogens with two attached hydrogens (primary N) is 1. The predicted octanol–water partition coefficient (Wildman–Crippen LogP) is 2.78. The zero-order chi connectivity index (χ0) is 15.1. The number of hydrogen-bond acceptors (Lipinski definition) is 5. The fourth-order valence-electron chi connectivity index (χ4n) is 2.40. The molecular formula is C16H23NO4. The van der Waals surface area contributed by atoms with Gasteiger partial charge in [-0.1, -0.05) is 0 Å². The van der Waals surface area contributed by atoms with Gasteiger partial charge in [-0.15, -0.1) is 0 Å². The Labute approximate surface area is 125 Å². The number of benzene rings is 1. The van der Waals surface area contributed by atoms with Crippen LogP contribution in [0.25, 0.3) is 0 Å². The van der Waals surface area contributed by atoms with Crippen LogP contribution in [-0.2, 0) is 9.47 Å². The molecule has 1 fully saturated rings. The van der Waals surface area contributed by atoms with Gasteiger partial charge in [0.25, 0.3) is 0 Å². The molecule has 0 amide bonds. The Kier molecular flexibility index (Phi) is 5.87. The Bertz CT molecular complexity index is 469. The van der Waals surface area contributed by atoms with Gasteiger partial charge in [-0.05, 0) is 44.7 Å². The number of anilines is 1. The molecule has 0 aromatic heterocycles. The quantitative estimate of drug-likeness (QED) is 0.475. The van der Waals surface area contributed by atoms with Gasteiger partial charge in [0, 0.05) is 18.4 Å². The van der Waals surface area contributed by atoms with Gasteiger partial charge in [0.1, 0.15) is 11.3 Å². The lowest BCUT2D eigenvalue weighted by atomic mass is 10.1. The van der Waals surface area contributed by atoms with Crippen LogP contribution in [-0.4, -0.2) is 31.9 Å². The summed E-state index contributed by atoms with van der Waals surface area (Å²) >= 11 is 0. The van der Waals surface area contributed by atoms with Crippen molar-refractivity contribution in [2.45, 2.75) is 38.7 Å². The van der Waals surface area contributed by atoms with Gasteiger partial charge >= 0.3 is 5.97 Å². The largest absolute Gasteiger partial charge is 0.493 e. The first-order chi connectivity index (χ1) is 10.2. The van der Waals surface area contributed by atoms with Crippen LogP contribution in [0.15, 0.2) is 18.2 Å². The summed E-state index contributed by atoms with van der Waals surface area (Å²) < 4.78 is 16.3. The van der Waals surface area contributed by atoms with E-state index in [1.165, 1.54) is 0 Å². The summed E-state index contributed by atoms with van der Waals surface area (Å²) in [5.41, 5.74) is 6.74. The van der Waals surface area contributed by atoms with Crippen molar-refractivity contribution in [2.24, 2.45) is 0 Å². The molecule has 1 aliphatic heterocycles. The molecule has 2 N–H and O–H groups in total. The summed E-state index contributed by atoms with van der Waals surface area (Å²) in [4.78, 5) is 11.9. The second-order valence-electron chi connectivity index (χ2n) is 5.10. The van der Waals surface area contributed by atoms with Crippen molar-refractivity contribution in [2.75, 3.05) is 25.6 Å². The van der Waals surface area contributed by atoms with E-state index in [0.717, 1.165) is 32.3 Å². The Hall–Kier alpha value is -1.75. The van der Waals surface area contributed by atoms with Crippen LogP contribution in [0.5, 0.6) is 5.75 Å². The van der Waals surface area contributed by atoms with Crippen molar-refractivity contribution in [3.05, 3.63) is 23.8 Å². The molecule has 116 valence electrons. The van der Waals surface area contributed by atoms with E-state index >= 15 is 0 Å². The molecule has 1 heterocycles. The first-order valence-corrected chi connectivity index (χ1v) is 7.51. The molecule has 21 heavy (non-hydrogen) atoms. The zero-order valence-electron chi connectivity index (χ0n) is 12.5. The second-order valence-corrected chi connectivity index (χ2v) is 5.10. The van der Waals surface area contributed by atoms with Crippen LogP contribution in [0.2, 0.25) is 0 Å². The minimum atomic E-state index is -0.383. The molecule has 0 spiro atoms. The van der Waals surface area contributed by atoms with E-state index in [0.29, 0.717) is 36.3 Å². The summed E-state index contributed by atoms with van der Waals surface area (Å²) in [6.45, 7) is 3.52. The summed E-state index contributed by atoms with van der Waals surface area (Å²) in [6.07, 6.45) is 4.51. The maximum absolute atomic E-state index is 11.9. The van der Waals surface area contributed by atoms with Crippen molar-refractivity contribution in [3.8, 4) is 5.75 Å². The van der Waals surface area contributed by atoms with E-state index in [1.807, 2.05) is 0 Å². The average Bonchev–Trinajstić information content (AvgIpc) is 2.97. The molecule has 1 aromatic rings. The Morgan fingerprint density at radius 2 is 2.33 bits per heavy atom. The van der Waals surface area contributed by atoms with E-state index in [4.69, 9.17) is 19.9 Å². The van der Waals surface area contributed by atoms with Crippen LogP contribution >= 0.6 is 0 Å². The number of hydrogen-bond donors (Lipinski definition) is 1. The first-order valence-electron chi connectivity index (χ1n) is 7.51. The minimum absolute atomic E-state index is 0.335. The molecule has 1 aromatic carbocycles. The Morgan fingerprint density at radius 1 is 1.48 bits per heavy atom. The number of nitrogen functional groups attached to an aromatic ring is 1. The molecule has 0 aliphatic carbocycles. The fourth-order valence-corrected chi connectivity index (χ4v) is 2.40. The van der Waals surface area contributed by atoms with Crippen molar-refractivity contribution in [1.82, 2.24) is 0 Å². The van der Waals surface area contributed by atoms with Gasteiger partial charge in [-0.25, -0.2) is 4.79 Å². The summed E-state index contributed by atoms with van der Waals surface area (Å²) in [5.74, 6) is 0.104. The van der Waals surface area contributed by atoms with Gasteiger partial charge in [0.05, 0.1) is 19.3 Å². The van der Waals surface area contributed by atoms with Crippen molar-refractivity contribution < 1.29 is 19.0 Å². The summed E-state index contributed by atoms with van der Waals surface area (Å²) in [7, 11) is 0. The van der Waals surface area contributed by atoms with E-state index in [2.05, 4.69) is 0 Å². The lowest BCUT2D eigenvalue weighted by Gasteiger charge is -2.13. The highest BCUT2D eigenvalue weighted by atomic mass is 16.5. The molecule has 0 saturated carbocycles. The molecule has 0 radical (unpaired) electrons. The van der Waals surface area contributed by atoms with E-state index in [1.54, 1.807) is 25.1 Å². The zero-order valence-corrected chi connectivity index (χ0v) is 12.5. The maximum Gasteiger partial charge on any atom is 0.341 e. The summed E-state index contributed by atoms with van der Waals surface area (Å²) in [5, 5.41) is 0. The van der Waals surface area contributed by atoms with Crippen molar-refractivity contribution >= 4 is 11.7 Å². The lowest BCUT2D eigenvalue weighted by Crippen LogP contribution is -2.11. The normalized spacial score (nSPS) is 17.7. The van der Waals surface area contributed by atoms with E-state index < -0.39 is 0 Å². The van der Waals surface area contributed by atoms with Crippen LogP contribution < -0.4 is 10.5 Å². The van der Waals surface area contributed by atoms with Gasteiger partial charge in [0.15, 0.2) is 0 Å². The van der Waals surface area contributed by atoms with Gasteiger partial charge in [0.2, 0.25) is 0 Å². The topological polar surface area (TPSA) is 70.8 Å². The highest BCUT2D eigenvalue weighted by molar-refractivity contribution is 5.93. The Morgan fingerprint density at radius 3 is 3.05 bits per heavy atom. The predicted molar refractivity (Wildman–Crippen MR) is 80.5 cm³/mol. The van der Waals surface area contributed by atoms with Crippen molar-refractivity contribution in [1.29, 1.82) is 0 Å². The number of rotatable bonds is 7. The molecule has 5 heteroatoms. The average molecular weight is 293 g/mol. The monoisotopic (exact) mass is 293 g/mol. The minimum Gasteiger partial charge on any atom is -0.493 e. The van der Waals surface area contributed by atoms with Gasteiger partial charge in [-0.2, -0.15) is 0 Å². The molecule has 2 rings (SSSR count). The molecule has 1 aliphatic rings. The number of ether oxygens (including phenoxy) is 3. The molecule has 1 unspecified atom stereocenters. The smallest absolute Gasteiger partial charge is 0.341 e. The molecular weight excluding hydrogens is 270 g/mol. The summed E-state index contributed by atoms with van der Waals surface area (Å²) in [6, 6.07) is 4.98.